The first-order chi connectivity index (χ1) is 9.42. The second-order valence-electron chi connectivity index (χ2n) is 3.94. The van der Waals surface area contributed by atoms with Gasteiger partial charge in [-0.2, -0.15) is 0 Å². The van der Waals surface area contributed by atoms with Gasteiger partial charge in [-0.05, 0) is 18.2 Å². The molecule has 0 aromatic heterocycles. The molecule has 20 heavy (non-hydrogen) atoms. The number of terminal acetylenes is 1. The van der Waals surface area contributed by atoms with Crippen molar-refractivity contribution >= 4 is 29.2 Å². The Hall–Kier alpha value is -2.81. The van der Waals surface area contributed by atoms with Gasteiger partial charge in [0.05, 0.1) is 5.56 Å². The molecule has 2 amide bonds. The highest BCUT2D eigenvalue weighted by Crippen LogP contribution is 2.20. The molecule has 0 aliphatic rings. The third-order valence-electron chi connectivity index (χ3n) is 2.10. The van der Waals surface area contributed by atoms with E-state index in [4.69, 9.17) is 11.2 Å². The van der Waals surface area contributed by atoms with Crippen molar-refractivity contribution in [2.24, 2.45) is 0 Å². The van der Waals surface area contributed by atoms with Crippen LogP contribution in [0.5, 0.6) is 0 Å². The van der Waals surface area contributed by atoms with Crippen molar-refractivity contribution in [1.29, 1.82) is 0 Å². The van der Waals surface area contributed by atoms with Crippen LogP contribution < -0.4 is 10.6 Å². The summed E-state index contributed by atoms with van der Waals surface area (Å²) in [5.74, 6) is 0.946. The Bertz CT molecular complexity index is 553. The molecule has 0 unspecified atom stereocenters. The van der Waals surface area contributed by atoms with Gasteiger partial charge in [0.2, 0.25) is 11.8 Å². The summed E-state index contributed by atoms with van der Waals surface area (Å²) in [6.45, 7) is 2.52. The molecule has 1 aromatic rings. The van der Waals surface area contributed by atoms with Gasteiger partial charge in [0.1, 0.15) is 0 Å². The minimum Gasteiger partial charge on any atom is -0.449 e. The van der Waals surface area contributed by atoms with Gasteiger partial charge in [-0.25, -0.2) is 4.79 Å². The van der Waals surface area contributed by atoms with Gasteiger partial charge in [0.25, 0.3) is 0 Å². The van der Waals surface area contributed by atoms with Crippen molar-refractivity contribution in [1.82, 2.24) is 0 Å². The van der Waals surface area contributed by atoms with E-state index in [1.54, 1.807) is 0 Å². The van der Waals surface area contributed by atoms with Crippen LogP contribution in [0.15, 0.2) is 18.2 Å². The highest BCUT2D eigenvalue weighted by Gasteiger charge is 2.11. The minimum absolute atomic E-state index is 0.154. The first kappa shape index (κ1) is 15.2. The lowest BCUT2D eigenvalue weighted by Gasteiger charge is -2.10. The van der Waals surface area contributed by atoms with Crippen molar-refractivity contribution in [3.63, 3.8) is 0 Å². The van der Waals surface area contributed by atoms with Gasteiger partial charge in [0.15, 0.2) is 6.61 Å². The van der Waals surface area contributed by atoms with Crippen LogP contribution in [0.3, 0.4) is 0 Å². The van der Waals surface area contributed by atoms with Crippen molar-refractivity contribution in [2.75, 3.05) is 17.2 Å². The Morgan fingerprint density at radius 2 is 1.60 bits per heavy atom. The number of carbonyl (C=O) groups is 3. The Morgan fingerprint density at radius 3 is 2.00 bits per heavy atom. The molecule has 0 atom stereocenters. The number of anilines is 2. The van der Waals surface area contributed by atoms with Crippen molar-refractivity contribution < 1.29 is 19.1 Å². The van der Waals surface area contributed by atoms with E-state index in [0.29, 0.717) is 11.4 Å². The summed E-state index contributed by atoms with van der Waals surface area (Å²) in [5.41, 5.74) is 0.920. The predicted octanol–water partition coefficient (Wildman–Crippen LogP) is 1.39. The normalized spacial score (nSPS) is 9.25. The number of hydrogen-bond acceptors (Lipinski definition) is 4. The maximum Gasteiger partial charge on any atom is 0.339 e. The van der Waals surface area contributed by atoms with E-state index in [1.165, 1.54) is 32.0 Å². The molecule has 0 aliphatic heterocycles. The van der Waals surface area contributed by atoms with Crippen molar-refractivity contribution in [3.05, 3.63) is 23.8 Å². The Kier molecular flexibility index (Phi) is 5.30. The molecule has 0 heterocycles. The lowest BCUT2D eigenvalue weighted by atomic mass is 10.1. The van der Waals surface area contributed by atoms with Crippen LogP contribution in [0.1, 0.15) is 24.2 Å². The number of amides is 2. The van der Waals surface area contributed by atoms with Crippen LogP contribution in [0, 0.1) is 12.3 Å². The monoisotopic (exact) mass is 274 g/mol. The Balaban J connectivity index is 3.08. The van der Waals surface area contributed by atoms with Crippen LogP contribution in [0.4, 0.5) is 11.4 Å². The molecular formula is C14H14N2O4. The molecule has 0 fully saturated rings. The highest BCUT2D eigenvalue weighted by atomic mass is 16.5. The van der Waals surface area contributed by atoms with Crippen LogP contribution in [0.25, 0.3) is 0 Å². The molecule has 0 spiro atoms. The fourth-order valence-corrected chi connectivity index (χ4v) is 1.49. The fourth-order valence-electron chi connectivity index (χ4n) is 1.49. The minimum atomic E-state index is -0.637. The third kappa shape index (κ3) is 4.82. The van der Waals surface area contributed by atoms with Crippen molar-refractivity contribution in [2.45, 2.75) is 13.8 Å². The summed E-state index contributed by atoms with van der Waals surface area (Å²) in [6.07, 6.45) is 5.01. The maximum absolute atomic E-state index is 11.7. The second-order valence-corrected chi connectivity index (χ2v) is 3.94. The van der Waals surface area contributed by atoms with Crippen LogP contribution >= 0.6 is 0 Å². The van der Waals surface area contributed by atoms with E-state index in [9.17, 15) is 14.4 Å². The van der Waals surface area contributed by atoms with E-state index >= 15 is 0 Å². The number of esters is 1. The quantitative estimate of drug-likeness (QED) is 0.642. The Labute approximate surface area is 116 Å². The predicted molar refractivity (Wildman–Crippen MR) is 74.2 cm³/mol. The Morgan fingerprint density at radius 1 is 1.10 bits per heavy atom. The number of ether oxygens (including phenoxy) is 1. The van der Waals surface area contributed by atoms with Gasteiger partial charge in [-0.1, -0.05) is 5.92 Å². The highest BCUT2D eigenvalue weighted by molar-refractivity contribution is 5.97. The molecule has 0 saturated carbocycles. The second kappa shape index (κ2) is 6.95. The van der Waals surface area contributed by atoms with Gasteiger partial charge in [0, 0.05) is 25.2 Å². The molecular weight excluding hydrogens is 260 g/mol. The van der Waals surface area contributed by atoms with Gasteiger partial charge in [-0.3, -0.25) is 9.59 Å². The molecule has 0 bridgehead atoms. The third-order valence-corrected chi connectivity index (χ3v) is 2.10. The SMILES string of the molecule is C#CCOC(=O)c1cc(NC(C)=O)cc(NC(C)=O)c1. The summed E-state index contributed by atoms with van der Waals surface area (Å²) >= 11 is 0. The fraction of sp³-hybridized carbons (Fsp3) is 0.214. The molecule has 0 aliphatic carbocycles. The number of hydrogen-bond donors (Lipinski definition) is 2. The number of carbonyl (C=O) groups excluding carboxylic acids is 3. The molecule has 1 aromatic carbocycles. The molecule has 6 heteroatoms. The zero-order chi connectivity index (χ0) is 15.1. The zero-order valence-corrected chi connectivity index (χ0v) is 11.1. The summed E-state index contributed by atoms with van der Waals surface area (Å²) < 4.78 is 4.80. The molecule has 0 saturated heterocycles. The standard InChI is InChI=1S/C14H14N2O4/c1-4-5-20-14(19)11-6-12(15-9(2)17)8-13(7-11)16-10(3)18/h1,6-8H,5H2,2-3H3,(H,15,17)(H,16,18). The number of rotatable bonds is 4. The first-order valence-corrected chi connectivity index (χ1v) is 5.73. The van der Waals surface area contributed by atoms with E-state index in [0.717, 1.165) is 0 Å². The zero-order valence-electron chi connectivity index (χ0n) is 11.1. The molecule has 6 nitrogen and oxygen atoms in total. The van der Waals surface area contributed by atoms with Gasteiger partial charge in [-0.15, -0.1) is 6.42 Å². The largest absolute Gasteiger partial charge is 0.449 e. The summed E-state index contributed by atoms with van der Waals surface area (Å²) in [4.78, 5) is 33.9. The lowest BCUT2D eigenvalue weighted by molar-refractivity contribution is -0.115. The molecule has 104 valence electrons. The van der Waals surface area contributed by atoms with Gasteiger partial charge < -0.3 is 15.4 Å². The van der Waals surface area contributed by atoms with Gasteiger partial charge >= 0.3 is 5.97 Å². The van der Waals surface area contributed by atoms with Crippen LogP contribution in [-0.2, 0) is 14.3 Å². The van der Waals surface area contributed by atoms with E-state index in [1.807, 2.05) is 0 Å². The lowest BCUT2D eigenvalue weighted by Crippen LogP contribution is -2.12. The van der Waals surface area contributed by atoms with E-state index in [-0.39, 0.29) is 24.0 Å². The number of nitrogens with one attached hydrogen (secondary N) is 2. The smallest absolute Gasteiger partial charge is 0.339 e. The topological polar surface area (TPSA) is 84.5 Å². The molecule has 0 radical (unpaired) electrons. The average Bonchev–Trinajstić information content (AvgIpc) is 2.33. The molecule has 1 rings (SSSR count). The maximum atomic E-state index is 11.7. The molecule has 2 N–H and O–H groups in total. The summed E-state index contributed by atoms with van der Waals surface area (Å²) in [6, 6.07) is 4.40. The summed E-state index contributed by atoms with van der Waals surface area (Å²) in [5, 5.41) is 5.06. The summed E-state index contributed by atoms with van der Waals surface area (Å²) in [7, 11) is 0. The van der Waals surface area contributed by atoms with E-state index in [2.05, 4.69) is 16.6 Å². The van der Waals surface area contributed by atoms with Crippen molar-refractivity contribution in [3.8, 4) is 12.3 Å². The first-order valence-electron chi connectivity index (χ1n) is 5.73. The number of benzene rings is 1. The van der Waals surface area contributed by atoms with Crippen LogP contribution in [-0.4, -0.2) is 24.4 Å². The average molecular weight is 274 g/mol. The van der Waals surface area contributed by atoms with Crippen LogP contribution in [0.2, 0.25) is 0 Å². The van der Waals surface area contributed by atoms with E-state index < -0.39 is 5.97 Å².